The summed E-state index contributed by atoms with van der Waals surface area (Å²) in [6.07, 6.45) is 1.30. The van der Waals surface area contributed by atoms with Crippen molar-refractivity contribution < 1.29 is 13.9 Å². The van der Waals surface area contributed by atoms with Gasteiger partial charge in [0.25, 0.3) is 0 Å². The Bertz CT molecular complexity index is 505. The number of nitrogens with one attached hydrogen (secondary N) is 2. The molecule has 7 heteroatoms. The summed E-state index contributed by atoms with van der Waals surface area (Å²) in [7, 11) is 3.31. The van der Waals surface area contributed by atoms with E-state index in [1.54, 1.807) is 26.3 Å². The fraction of sp³-hybridized carbons (Fsp3) is 0.500. The lowest BCUT2D eigenvalue weighted by Crippen LogP contribution is -2.43. The predicted molar refractivity (Wildman–Crippen MR) is 88.6 cm³/mol. The molecule has 1 unspecified atom stereocenters. The molecule has 1 amide bonds. The van der Waals surface area contributed by atoms with Gasteiger partial charge in [0.15, 0.2) is 5.96 Å². The summed E-state index contributed by atoms with van der Waals surface area (Å²) < 4.78 is 17.9. The number of nitrogens with two attached hydrogens (primary N) is 1. The lowest BCUT2D eigenvalue weighted by Gasteiger charge is -2.17. The quantitative estimate of drug-likeness (QED) is 0.354. The molecule has 0 spiro atoms. The lowest BCUT2D eigenvalue weighted by atomic mass is 9.98. The molecule has 0 aliphatic rings. The molecule has 128 valence electrons. The number of hydrogen-bond acceptors (Lipinski definition) is 3. The monoisotopic (exact) mass is 324 g/mol. The Balaban J connectivity index is 2.48. The number of carbonyl (C=O) groups excluding carboxylic acids is 1. The van der Waals surface area contributed by atoms with Crippen LogP contribution in [0.2, 0.25) is 0 Å². The number of methoxy groups -OCH3 is 1. The van der Waals surface area contributed by atoms with Gasteiger partial charge >= 0.3 is 0 Å². The highest BCUT2D eigenvalue weighted by atomic mass is 19.1. The number of carbonyl (C=O) groups is 1. The van der Waals surface area contributed by atoms with Crippen LogP contribution < -0.4 is 16.4 Å². The summed E-state index contributed by atoms with van der Waals surface area (Å²) in [5, 5.41) is 6.21. The molecule has 0 aromatic heterocycles. The average molecular weight is 324 g/mol. The van der Waals surface area contributed by atoms with E-state index in [1.165, 1.54) is 12.1 Å². The number of rotatable bonds is 9. The zero-order chi connectivity index (χ0) is 17.1. The molecule has 0 radical (unpaired) electrons. The van der Waals surface area contributed by atoms with Gasteiger partial charge in [-0.25, -0.2) is 4.39 Å². The molecule has 0 heterocycles. The van der Waals surface area contributed by atoms with Gasteiger partial charge in [-0.1, -0.05) is 12.1 Å². The van der Waals surface area contributed by atoms with Gasteiger partial charge in [0, 0.05) is 33.9 Å². The molecule has 0 bridgehead atoms. The summed E-state index contributed by atoms with van der Waals surface area (Å²) in [6.45, 7) is 1.74. The van der Waals surface area contributed by atoms with E-state index in [0.717, 1.165) is 12.0 Å². The third kappa shape index (κ3) is 7.60. The standard InChI is InChI=1S/C16H25FN4O2/c1-19-16(20-8-3-9-23-2)21-11-13(15(18)22)10-12-4-6-14(17)7-5-12/h4-7,13H,3,8-11H2,1-2H3,(H2,18,22)(H2,19,20,21). The first kappa shape index (κ1) is 18.9. The number of hydrogen-bond donors (Lipinski definition) is 3. The maximum atomic E-state index is 12.9. The van der Waals surface area contributed by atoms with Crippen LogP contribution in [0.4, 0.5) is 4.39 Å². The van der Waals surface area contributed by atoms with Crippen LogP contribution in [-0.4, -0.2) is 45.7 Å². The van der Waals surface area contributed by atoms with Crippen molar-refractivity contribution in [3.8, 4) is 0 Å². The summed E-state index contributed by atoms with van der Waals surface area (Å²) in [5.74, 6) is -0.510. The van der Waals surface area contributed by atoms with E-state index in [9.17, 15) is 9.18 Å². The minimum Gasteiger partial charge on any atom is -0.385 e. The molecule has 0 fully saturated rings. The molecule has 1 aromatic carbocycles. The van der Waals surface area contributed by atoms with Gasteiger partial charge in [-0.05, 0) is 30.5 Å². The van der Waals surface area contributed by atoms with E-state index >= 15 is 0 Å². The molecular weight excluding hydrogens is 299 g/mol. The molecule has 1 rings (SSSR count). The second-order valence-electron chi connectivity index (χ2n) is 5.16. The van der Waals surface area contributed by atoms with Crippen LogP contribution in [0, 0.1) is 11.7 Å². The number of ether oxygens (including phenoxy) is 1. The second kappa shape index (κ2) is 10.6. The maximum Gasteiger partial charge on any atom is 0.222 e. The first-order valence-corrected chi connectivity index (χ1v) is 7.54. The van der Waals surface area contributed by atoms with Gasteiger partial charge in [0.2, 0.25) is 5.91 Å². The van der Waals surface area contributed by atoms with E-state index in [4.69, 9.17) is 10.5 Å². The van der Waals surface area contributed by atoms with Crippen LogP contribution in [0.3, 0.4) is 0 Å². The van der Waals surface area contributed by atoms with E-state index in [0.29, 0.717) is 32.1 Å². The summed E-state index contributed by atoms with van der Waals surface area (Å²) in [6, 6.07) is 6.06. The maximum absolute atomic E-state index is 12.9. The molecule has 0 aliphatic carbocycles. The van der Waals surface area contributed by atoms with E-state index in [-0.39, 0.29) is 5.82 Å². The summed E-state index contributed by atoms with van der Waals surface area (Å²) in [4.78, 5) is 15.7. The zero-order valence-electron chi connectivity index (χ0n) is 13.6. The fourth-order valence-electron chi connectivity index (χ4n) is 2.04. The molecule has 6 nitrogen and oxygen atoms in total. The smallest absolute Gasteiger partial charge is 0.222 e. The van der Waals surface area contributed by atoms with Gasteiger partial charge in [-0.3, -0.25) is 9.79 Å². The third-order valence-corrected chi connectivity index (χ3v) is 3.35. The molecule has 0 aliphatic heterocycles. The van der Waals surface area contributed by atoms with Crippen molar-refractivity contribution in [1.29, 1.82) is 0 Å². The third-order valence-electron chi connectivity index (χ3n) is 3.35. The molecule has 1 atom stereocenters. The van der Waals surface area contributed by atoms with Crippen molar-refractivity contribution in [3.63, 3.8) is 0 Å². The van der Waals surface area contributed by atoms with Crippen molar-refractivity contribution in [2.75, 3.05) is 33.9 Å². The van der Waals surface area contributed by atoms with Crippen LogP contribution >= 0.6 is 0 Å². The molecule has 0 saturated carbocycles. The number of primary amides is 1. The Morgan fingerprint density at radius 1 is 1.35 bits per heavy atom. The number of amides is 1. The summed E-state index contributed by atoms with van der Waals surface area (Å²) in [5.41, 5.74) is 6.31. The van der Waals surface area contributed by atoms with Crippen LogP contribution in [0.1, 0.15) is 12.0 Å². The van der Waals surface area contributed by atoms with Crippen molar-refractivity contribution in [2.45, 2.75) is 12.8 Å². The van der Waals surface area contributed by atoms with Crippen LogP contribution in [0.5, 0.6) is 0 Å². The van der Waals surface area contributed by atoms with Crippen molar-refractivity contribution in [3.05, 3.63) is 35.6 Å². The van der Waals surface area contributed by atoms with E-state index < -0.39 is 11.8 Å². The molecular formula is C16H25FN4O2. The van der Waals surface area contributed by atoms with Gasteiger partial charge in [-0.2, -0.15) is 0 Å². The van der Waals surface area contributed by atoms with Crippen molar-refractivity contribution >= 4 is 11.9 Å². The highest BCUT2D eigenvalue weighted by Gasteiger charge is 2.16. The Morgan fingerprint density at radius 3 is 2.61 bits per heavy atom. The highest BCUT2D eigenvalue weighted by molar-refractivity contribution is 5.81. The first-order valence-electron chi connectivity index (χ1n) is 7.54. The Hall–Kier alpha value is -2.15. The van der Waals surface area contributed by atoms with Crippen LogP contribution in [0.15, 0.2) is 29.3 Å². The minimum atomic E-state index is -0.406. The first-order chi connectivity index (χ1) is 11.1. The fourth-order valence-corrected chi connectivity index (χ4v) is 2.04. The normalized spacial score (nSPS) is 12.7. The van der Waals surface area contributed by atoms with Gasteiger partial charge in [-0.15, -0.1) is 0 Å². The molecule has 1 aromatic rings. The Morgan fingerprint density at radius 2 is 2.04 bits per heavy atom. The number of guanidine groups is 1. The topological polar surface area (TPSA) is 88.7 Å². The largest absolute Gasteiger partial charge is 0.385 e. The lowest BCUT2D eigenvalue weighted by molar-refractivity contribution is -0.121. The van der Waals surface area contributed by atoms with Crippen molar-refractivity contribution in [2.24, 2.45) is 16.6 Å². The van der Waals surface area contributed by atoms with Gasteiger partial charge in [0.05, 0.1) is 5.92 Å². The van der Waals surface area contributed by atoms with Crippen LogP contribution in [0.25, 0.3) is 0 Å². The van der Waals surface area contributed by atoms with Crippen LogP contribution in [-0.2, 0) is 16.0 Å². The molecule has 0 saturated heterocycles. The molecule has 23 heavy (non-hydrogen) atoms. The number of halogens is 1. The highest BCUT2D eigenvalue weighted by Crippen LogP contribution is 2.09. The van der Waals surface area contributed by atoms with E-state index in [1.807, 2.05) is 0 Å². The number of aliphatic imine (C=N–C) groups is 1. The summed E-state index contributed by atoms with van der Waals surface area (Å²) >= 11 is 0. The Labute approximate surface area is 136 Å². The number of nitrogens with zero attached hydrogens (tertiary/aromatic N) is 1. The van der Waals surface area contributed by atoms with Crippen molar-refractivity contribution in [1.82, 2.24) is 10.6 Å². The SMILES string of the molecule is CN=C(NCCCOC)NCC(Cc1ccc(F)cc1)C(N)=O. The molecule has 4 N–H and O–H groups in total. The van der Waals surface area contributed by atoms with Gasteiger partial charge < -0.3 is 21.1 Å². The number of benzene rings is 1. The van der Waals surface area contributed by atoms with Gasteiger partial charge in [0.1, 0.15) is 5.82 Å². The average Bonchev–Trinajstić information content (AvgIpc) is 2.54. The zero-order valence-corrected chi connectivity index (χ0v) is 13.6. The Kier molecular flexibility index (Phi) is 8.67. The minimum absolute atomic E-state index is 0.303. The predicted octanol–water partition coefficient (Wildman–Crippen LogP) is 0.671. The second-order valence-corrected chi connectivity index (χ2v) is 5.16. The van der Waals surface area contributed by atoms with E-state index in [2.05, 4.69) is 15.6 Å².